The molecule has 1 radical (unpaired) electrons. The van der Waals surface area contributed by atoms with Crippen molar-refractivity contribution in [3.05, 3.63) is 6.92 Å². The SMILES string of the molecule is [CH2]CCCC(C)N. The maximum atomic E-state index is 5.45. The minimum absolute atomic E-state index is 0.363. The fourth-order valence-corrected chi connectivity index (χ4v) is 0.466. The van der Waals surface area contributed by atoms with Crippen molar-refractivity contribution >= 4 is 0 Å². The fourth-order valence-electron chi connectivity index (χ4n) is 0.466. The minimum Gasteiger partial charge on any atom is -0.328 e. The van der Waals surface area contributed by atoms with E-state index in [0.717, 1.165) is 19.3 Å². The van der Waals surface area contributed by atoms with Crippen LogP contribution in [0.25, 0.3) is 0 Å². The van der Waals surface area contributed by atoms with Gasteiger partial charge >= 0.3 is 0 Å². The van der Waals surface area contributed by atoms with Gasteiger partial charge < -0.3 is 5.73 Å². The van der Waals surface area contributed by atoms with Crippen LogP contribution in [-0.4, -0.2) is 6.04 Å². The minimum atomic E-state index is 0.363. The Bertz CT molecular complexity index is 33.2. The maximum absolute atomic E-state index is 5.45. The molecule has 1 unspecified atom stereocenters. The molecule has 0 fully saturated rings. The Kier molecular flexibility index (Phi) is 4.10. The van der Waals surface area contributed by atoms with E-state index in [-0.39, 0.29) is 0 Å². The molecular formula is C6H14N. The Morgan fingerprint density at radius 3 is 2.43 bits per heavy atom. The second-order valence-electron chi connectivity index (χ2n) is 1.97. The summed E-state index contributed by atoms with van der Waals surface area (Å²) in [4.78, 5) is 0. The van der Waals surface area contributed by atoms with Gasteiger partial charge in [-0.15, -0.1) is 0 Å². The molecule has 0 heterocycles. The van der Waals surface area contributed by atoms with Crippen LogP contribution in [0.15, 0.2) is 0 Å². The van der Waals surface area contributed by atoms with Crippen LogP contribution in [0.4, 0.5) is 0 Å². The molecule has 1 nitrogen and oxygen atoms in total. The van der Waals surface area contributed by atoms with Gasteiger partial charge in [-0.1, -0.05) is 19.8 Å². The third kappa shape index (κ3) is 5.96. The summed E-state index contributed by atoms with van der Waals surface area (Å²) in [6.45, 7) is 5.73. The molecule has 0 aromatic heterocycles. The lowest BCUT2D eigenvalue weighted by Gasteiger charge is -1.99. The van der Waals surface area contributed by atoms with E-state index in [1.807, 2.05) is 6.92 Å². The normalized spacial score (nSPS) is 14.1. The van der Waals surface area contributed by atoms with E-state index in [1.165, 1.54) is 0 Å². The zero-order chi connectivity index (χ0) is 5.70. The first-order valence-corrected chi connectivity index (χ1v) is 2.82. The van der Waals surface area contributed by atoms with Crippen molar-refractivity contribution in [2.75, 3.05) is 0 Å². The fraction of sp³-hybridized carbons (Fsp3) is 0.833. The van der Waals surface area contributed by atoms with Crippen molar-refractivity contribution in [1.29, 1.82) is 0 Å². The Balaban J connectivity index is 2.68. The van der Waals surface area contributed by atoms with Gasteiger partial charge in [0.1, 0.15) is 0 Å². The van der Waals surface area contributed by atoms with Gasteiger partial charge in [-0.3, -0.25) is 0 Å². The molecule has 0 bridgehead atoms. The number of unbranched alkanes of at least 4 members (excludes halogenated alkanes) is 1. The molecule has 0 aromatic rings. The first kappa shape index (κ1) is 6.96. The zero-order valence-electron chi connectivity index (χ0n) is 4.98. The molecule has 43 valence electrons. The Morgan fingerprint density at radius 1 is 1.71 bits per heavy atom. The Hall–Kier alpha value is -0.0400. The number of rotatable bonds is 3. The molecule has 7 heavy (non-hydrogen) atoms. The van der Waals surface area contributed by atoms with Gasteiger partial charge in [0.05, 0.1) is 0 Å². The van der Waals surface area contributed by atoms with Gasteiger partial charge in [0.15, 0.2) is 0 Å². The van der Waals surface area contributed by atoms with Crippen molar-refractivity contribution < 1.29 is 0 Å². The van der Waals surface area contributed by atoms with E-state index in [9.17, 15) is 0 Å². The molecule has 0 aliphatic carbocycles. The van der Waals surface area contributed by atoms with E-state index in [0.29, 0.717) is 6.04 Å². The molecule has 1 atom stereocenters. The highest BCUT2D eigenvalue weighted by molar-refractivity contribution is 4.52. The Morgan fingerprint density at radius 2 is 2.29 bits per heavy atom. The van der Waals surface area contributed by atoms with E-state index in [2.05, 4.69) is 6.92 Å². The van der Waals surface area contributed by atoms with Gasteiger partial charge in [0.25, 0.3) is 0 Å². The molecule has 0 amide bonds. The molecule has 0 aromatic carbocycles. The van der Waals surface area contributed by atoms with Gasteiger partial charge in [-0.2, -0.15) is 0 Å². The highest BCUT2D eigenvalue weighted by atomic mass is 14.6. The highest BCUT2D eigenvalue weighted by Gasteiger charge is 1.88. The predicted molar refractivity (Wildman–Crippen MR) is 32.9 cm³/mol. The van der Waals surface area contributed by atoms with Gasteiger partial charge in [0, 0.05) is 6.04 Å². The predicted octanol–water partition coefficient (Wildman–Crippen LogP) is 1.34. The van der Waals surface area contributed by atoms with Crippen LogP contribution in [-0.2, 0) is 0 Å². The van der Waals surface area contributed by atoms with Crippen LogP contribution in [0.3, 0.4) is 0 Å². The lowest BCUT2D eigenvalue weighted by Crippen LogP contribution is -2.13. The smallest absolute Gasteiger partial charge is 0.00104 e. The standard InChI is InChI=1S/C6H14N/c1-3-4-5-6(2)7/h6H,1,3-5,7H2,2H3. The molecule has 1 heteroatoms. The van der Waals surface area contributed by atoms with Crippen LogP contribution in [0.1, 0.15) is 26.2 Å². The molecule has 0 saturated carbocycles. The van der Waals surface area contributed by atoms with E-state index in [4.69, 9.17) is 5.73 Å². The average molecular weight is 100 g/mol. The Labute approximate surface area is 45.9 Å². The number of hydrogen-bond donors (Lipinski definition) is 1. The summed E-state index contributed by atoms with van der Waals surface area (Å²) in [6, 6.07) is 0.363. The van der Waals surface area contributed by atoms with Gasteiger partial charge in [-0.05, 0) is 13.3 Å². The first-order chi connectivity index (χ1) is 3.27. The molecular weight excluding hydrogens is 86.1 g/mol. The number of hydrogen-bond acceptors (Lipinski definition) is 1. The number of nitrogens with two attached hydrogens (primary N) is 1. The van der Waals surface area contributed by atoms with Crippen molar-refractivity contribution in [2.45, 2.75) is 32.2 Å². The van der Waals surface area contributed by atoms with Gasteiger partial charge in [-0.25, -0.2) is 0 Å². The van der Waals surface area contributed by atoms with E-state index < -0.39 is 0 Å². The summed E-state index contributed by atoms with van der Waals surface area (Å²) in [5, 5.41) is 0. The van der Waals surface area contributed by atoms with Crippen LogP contribution in [0.5, 0.6) is 0 Å². The summed E-state index contributed by atoms with van der Waals surface area (Å²) in [6.07, 6.45) is 3.29. The van der Waals surface area contributed by atoms with Crippen LogP contribution >= 0.6 is 0 Å². The van der Waals surface area contributed by atoms with E-state index in [1.54, 1.807) is 0 Å². The topological polar surface area (TPSA) is 26.0 Å². The monoisotopic (exact) mass is 100 g/mol. The van der Waals surface area contributed by atoms with Gasteiger partial charge in [0.2, 0.25) is 0 Å². The lowest BCUT2D eigenvalue weighted by molar-refractivity contribution is 0.629. The largest absolute Gasteiger partial charge is 0.328 e. The van der Waals surface area contributed by atoms with Crippen molar-refractivity contribution in [3.63, 3.8) is 0 Å². The van der Waals surface area contributed by atoms with Crippen molar-refractivity contribution in [1.82, 2.24) is 0 Å². The molecule has 2 N–H and O–H groups in total. The van der Waals surface area contributed by atoms with E-state index >= 15 is 0 Å². The maximum Gasteiger partial charge on any atom is 0.00104 e. The van der Waals surface area contributed by atoms with Crippen molar-refractivity contribution in [3.8, 4) is 0 Å². The van der Waals surface area contributed by atoms with Crippen LogP contribution in [0.2, 0.25) is 0 Å². The summed E-state index contributed by atoms with van der Waals surface area (Å²) in [7, 11) is 0. The summed E-state index contributed by atoms with van der Waals surface area (Å²) in [5.74, 6) is 0. The molecule has 0 rings (SSSR count). The van der Waals surface area contributed by atoms with Crippen LogP contribution in [0, 0.1) is 6.92 Å². The molecule has 0 aliphatic rings. The third-order valence-electron chi connectivity index (χ3n) is 0.909. The quantitative estimate of drug-likeness (QED) is 0.569. The summed E-state index contributed by atoms with van der Waals surface area (Å²) >= 11 is 0. The highest BCUT2D eigenvalue weighted by Crippen LogP contribution is 1.94. The second-order valence-corrected chi connectivity index (χ2v) is 1.97. The zero-order valence-corrected chi connectivity index (χ0v) is 4.98. The van der Waals surface area contributed by atoms with Crippen molar-refractivity contribution in [2.24, 2.45) is 5.73 Å². The molecule has 0 aliphatic heterocycles. The third-order valence-corrected chi connectivity index (χ3v) is 0.909. The lowest BCUT2D eigenvalue weighted by atomic mass is 10.2. The summed E-state index contributed by atoms with van der Waals surface area (Å²) in [5.41, 5.74) is 5.45. The van der Waals surface area contributed by atoms with Crippen LogP contribution < -0.4 is 5.73 Å². The average Bonchev–Trinajstić information content (AvgIpc) is 1.61. The second kappa shape index (κ2) is 4.13. The first-order valence-electron chi connectivity index (χ1n) is 2.82. The molecule has 0 spiro atoms. The molecule has 0 saturated heterocycles. The summed E-state index contributed by atoms with van der Waals surface area (Å²) < 4.78 is 0.